The lowest BCUT2D eigenvalue weighted by Gasteiger charge is -2.20. The third kappa shape index (κ3) is 4.51. The van der Waals surface area contributed by atoms with Crippen molar-refractivity contribution in [2.75, 3.05) is 12.4 Å². The molecule has 0 fully saturated rings. The molecule has 0 saturated heterocycles. The summed E-state index contributed by atoms with van der Waals surface area (Å²) in [6.45, 7) is 7.78. The topological polar surface area (TPSA) is 73.2 Å². The Labute approximate surface area is 180 Å². The maximum Gasteiger partial charge on any atom is 0.262 e. The summed E-state index contributed by atoms with van der Waals surface area (Å²) in [6, 6.07) is 12.9. The lowest BCUT2D eigenvalue weighted by atomic mass is 10.2. The number of anilines is 1. The molecule has 2 aromatic carbocycles. The van der Waals surface area contributed by atoms with Crippen LogP contribution in [0.3, 0.4) is 0 Å². The van der Waals surface area contributed by atoms with Crippen LogP contribution in [-0.2, 0) is 4.79 Å². The zero-order valence-corrected chi connectivity index (χ0v) is 18.7. The molecule has 0 aliphatic carbocycles. The molecule has 1 amide bonds. The van der Waals surface area contributed by atoms with Gasteiger partial charge in [0.1, 0.15) is 5.75 Å². The number of carbonyl (C=O) groups is 1. The molecule has 7 heteroatoms. The number of rotatable bonds is 7. The van der Waals surface area contributed by atoms with E-state index in [4.69, 9.17) is 9.72 Å². The van der Waals surface area contributed by atoms with E-state index in [1.165, 1.54) is 11.8 Å². The molecule has 158 valence electrons. The molecular formula is C23H27N3O3S. The van der Waals surface area contributed by atoms with Crippen LogP contribution >= 0.6 is 11.8 Å². The molecule has 3 aromatic rings. The van der Waals surface area contributed by atoms with Crippen LogP contribution in [0.5, 0.6) is 5.75 Å². The van der Waals surface area contributed by atoms with E-state index in [0.717, 1.165) is 12.0 Å². The fourth-order valence-electron chi connectivity index (χ4n) is 3.15. The summed E-state index contributed by atoms with van der Waals surface area (Å²) in [4.78, 5) is 30.7. The maximum atomic E-state index is 13.1. The summed E-state index contributed by atoms with van der Waals surface area (Å²) in [6.07, 6.45) is 0.786. The normalized spacial score (nSPS) is 13.1. The highest BCUT2D eigenvalue weighted by Crippen LogP contribution is 2.29. The molecule has 0 aliphatic rings. The number of aromatic nitrogens is 2. The molecule has 6 nitrogen and oxygen atoms in total. The van der Waals surface area contributed by atoms with Crippen LogP contribution in [-0.4, -0.2) is 27.8 Å². The zero-order valence-electron chi connectivity index (χ0n) is 17.9. The van der Waals surface area contributed by atoms with Gasteiger partial charge in [0.2, 0.25) is 5.91 Å². The predicted octanol–water partition coefficient (Wildman–Crippen LogP) is 4.80. The first-order chi connectivity index (χ1) is 14.3. The van der Waals surface area contributed by atoms with Crippen molar-refractivity contribution in [2.45, 2.75) is 50.6 Å². The van der Waals surface area contributed by atoms with Crippen LogP contribution in [0, 0.1) is 6.92 Å². The number of aryl methyl sites for hydroxylation is 1. The standard InChI is InChI=1S/C23H27N3O3S/c1-6-15(3)26-22(28)17-9-7-8-10-18(17)25-23(26)30-16(4)21(27)24-19-13-14(2)11-12-20(19)29-5/h7-13,15-16H,6H2,1-5H3,(H,24,27)/t15-,16+/m1/s1. The fourth-order valence-corrected chi connectivity index (χ4v) is 4.16. The van der Waals surface area contributed by atoms with Crippen LogP contribution in [0.25, 0.3) is 10.9 Å². The first kappa shape index (κ1) is 21.9. The summed E-state index contributed by atoms with van der Waals surface area (Å²) in [5.41, 5.74) is 2.21. The molecule has 0 aliphatic heterocycles. The average Bonchev–Trinajstić information content (AvgIpc) is 2.73. The number of methoxy groups -OCH3 is 1. The Kier molecular flexibility index (Phi) is 6.82. The van der Waals surface area contributed by atoms with E-state index in [2.05, 4.69) is 5.32 Å². The van der Waals surface area contributed by atoms with E-state index in [9.17, 15) is 9.59 Å². The molecule has 0 bridgehead atoms. The van der Waals surface area contributed by atoms with Gasteiger partial charge in [0.15, 0.2) is 5.16 Å². The summed E-state index contributed by atoms with van der Waals surface area (Å²) < 4.78 is 7.05. The van der Waals surface area contributed by atoms with Gasteiger partial charge in [-0.15, -0.1) is 0 Å². The van der Waals surface area contributed by atoms with Gasteiger partial charge < -0.3 is 10.1 Å². The summed E-state index contributed by atoms with van der Waals surface area (Å²) >= 11 is 1.29. The van der Waals surface area contributed by atoms with Gasteiger partial charge in [-0.2, -0.15) is 0 Å². The minimum Gasteiger partial charge on any atom is -0.495 e. The van der Waals surface area contributed by atoms with Crippen LogP contribution in [0.1, 0.15) is 38.8 Å². The predicted molar refractivity (Wildman–Crippen MR) is 123 cm³/mol. The van der Waals surface area contributed by atoms with E-state index in [1.54, 1.807) is 17.7 Å². The average molecular weight is 426 g/mol. The second-order valence-corrected chi connectivity index (χ2v) is 8.60. The number of hydrogen-bond donors (Lipinski definition) is 1. The number of amides is 1. The van der Waals surface area contributed by atoms with Crippen LogP contribution in [0.4, 0.5) is 5.69 Å². The minimum absolute atomic E-state index is 0.0239. The Hall–Kier alpha value is -2.80. The molecule has 0 spiro atoms. The molecule has 1 heterocycles. The molecule has 30 heavy (non-hydrogen) atoms. The molecule has 1 aromatic heterocycles. The molecular weight excluding hydrogens is 398 g/mol. The van der Waals surface area contributed by atoms with Crippen molar-refractivity contribution in [3.05, 3.63) is 58.4 Å². The highest BCUT2D eigenvalue weighted by Gasteiger charge is 2.22. The second-order valence-electron chi connectivity index (χ2n) is 7.30. The summed E-state index contributed by atoms with van der Waals surface area (Å²) in [5.74, 6) is 0.425. The van der Waals surface area contributed by atoms with Crippen LogP contribution < -0.4 is 15.6 Å². The molecule has 0 saturated carbocycles. The van der Waals surface area contributed by atoms with Crippen molar-refractivity contribution in [1.29, 1.82) is 0 Å². The highest BCUT2D eigenvalue weighted by molar-refractivity contribution is 8.00. The third-order valence-electron chi connectivity index (χ3n) is 5.07. The molecule has 2 atom stereocenters. The molecule has 1 N–H and O–H groups in total. The smallest absolute Gasteiger partial charge is 0.262 e. The third-order valence-corrected chi connectivity index (χ3v) is 6.14. The molecule has 0 radical (unpaired) electrons. The van der Waals surface area contributed by atoms with Crippen molar-refractivity contribution >= 4 is 34.3 Å². The van der Waals surface area contributed by atoms with Crippen molar-refractivity contribution in [3.8, 4) is 5.75 Å². The fraction of sp³-hybridized carbons (Fsp3) is 0.348. The van der Waals surface area contributed by atoms with Crippen molar-refractivity contribution in [3.63, 3.8) is 0 Å². The largest absolute Gasteiger partial charge is 0.495 e. The van der Waals surface area contributed by atoms with Gasteiger partial charge in [-0.05, 0) is 57.0 Å². The number of nitrogens with zero attached hydrogens (tertiary/aromatic N) is 2. The summed E-state index contributed by atoms with van der Waals surface area (Å²) in [5, 5.41) is 3.61. The van der Waals surface area contributed by atoms with E-state index >= 15 is 0 Å². The van der Waals surface area contributed by atoms with Gasteiger partial charge in [-0.1, -0.05) is 36.9 Å². The van der Waals surface area contributed by atoms with E-state index in [-0.39, 0.29) is 17.5 Å². The van der Waals surface area contributed by atoms with Gasteiger partial charge >= 0.3 is 0 Å². The first-order valence-electron chi connectivity index (χ1n) is 9.99. The van der Waals surface area contributed by atoms with Gasteiger partial charge in [0.05, 0.1) is 29.0 Å². The SMILES string of the molecule is CC[C@@H](C)n1c(S[C@@H](C)C(=O)Nc2cc(C)ccc2OC)nc2ccccc2c1=O. The number of hydrogen-bond acceptors (Lipinski definition) is 5. The van der Waals surface area contributed by atoms with Gasteiger partial charge in [0.25, 0.3) is 5.56 Å². The van der Waals surface area contributed by atoms with Crippen molar-refractivity contribution in [2.24, 2.45) is 0 Å². The van der Waals surface area contributed by atoms with E-state index in [1.807, 2.05) is 64.1 Å². The Morgan fingerprint density at radius 2 is 1.97 bits per heavy atom. The highest BCUT2D eigenvalue weighted by atomic mass is 32.2. The Bertz CT molecular complexity index is 1130. The number of benzene rings is 2. The van der Waals surface area contributed by atoms with Crippen molar-refractivity contribution in [1.82, 2.24) is 9.55 Å². The lowest BCUT2D eigenvalue weighted by molar-refractivity contribution is -0.115. The molecule has 3 rings (SSSR count). The van der Waals surface area contributed by atoms with Crippen LogP contribution in [0.2, 0.25) is 0 Å². The van der Waals surface area contributed by atoms with Crippen molar-refractivity contribution < 1.29 is 9.53 Å². The zero-order chi connectivity index (χ0) is 21.8. The monoisotopic (exact) mass is 425 g/mol. The number of fused-ring (bicyclic) bond motifs is 1. The van der Waals surface area contributed by atoms with Gasteiger partial charge in [-0.25, -0.2) is 4.98 Å². The Morgan fingerprint density at radius 1 is 1.23 bits per heavy atom. The van der Waals surface area contributed by atoms with Gasteiger partial charge in [0, 0.05) is 6.04 Å². The van der Waals surface area contributed by atoms with E-state index in [0.29, 0.717) is 27.5 Å². The maximum absolute atomic E-state index is 13.1. The number of para-hydroxylation sites is 1. The lowest BCUT2D eigenvalue weighted by Crippen LogP contribution is -2.28. The first-order valence-corrected chi connectivity index (χ1v) is 10.9. The Morgan fingerprint density at radius 3 is 2.67 bits per heavy atom. The summed E-state index contributed by atoms with van der Waals surface area (Å²) in [7, 11) is 1.57. The molecule has 0 unspecified atom stereocenters. The minimum atomic E-state index is -0.460. The second kappa shape index (κ2) is 9.34. The Balaban J connectivity index is 1.92. The van der Waals surface area contributed by atoms with E-state index < -0.39 is 5.25 Å². The number of thioether (sulfide) groups is 1. The van der Waals surface area contributed by atoms with Crippen LogP contribution in [0.15, 0.2) is 52.4 Å². The number of nitrogens with one attached hydrogen (secondary N) is 1. The quantitative estimate of drug-likeness (QED) is 0.435. The number of ether oxygens (including phenoxy) is 1. The van der Waals surface area contributed by atoms with Gasteiger partial charge in [-0.3, -0.25) is 14.2 Å². The number of carbonyl (C=O) groups excluding carboxylic acids is 1.